The van der Waals surface area contributed by atoms with Crippen LogP contribution in [0.1, 0.15) is 26.7 Å². The van der Waals surface area contributed by atoms with Gasteiger partial charge in [-0.25, -0.2) is 0 Å². The van der Waals surface area contributed by atoms with Crippen molar-refractivity contribution in [2.75, 3.05) is 0 Å². The Hall–Kier alpha value is -0.970. The molecule has 0 spiro atoms. The molecule has 0 amide bonds. The van der Waals surface area contributed by atoms with Crippen LogP contribution in [-0.2, 0) is 0 Å². The molecule has 0 saturated heterocycles. The Balaban J connectivity index is 2.41. The minimum atomic E-state index is 0.455. The fourth-order valence-electron chi connectivity index (χ4n) is 0.899. The molecule has 0 bridgehead atoms. The minimum absolute atomic E-state index is 0.455. The Bertz CT molecular complexity index is 194. The van der Waals surface area contributed by atoms with Gasteiger partial charge in [-0.05, 0) is 24.8 Å². The van der Waals surface area contributed by atoms with Crippen molar-refractivity contribution in [3.05, 3.63) is 11.8 Å². The van der Waals surface area contributed by atoms with E-state index in [4.69, 9.17) is 5.26 Å². The third kappa shape index (κ3) is 3.08. The average molecular weight is 150 g/mol. The van der Waals surface area contributed by atoms with Gasteiger partial charge in [-0.1, -0.05) is 13.8 Å². The molecule has 0 heterocycles. The van der Waals surface area contributed by atoms with E-state index in [2.05, 4.69) is 25.2 Å². The molecule has 0 aromatic heterocycles. The van der Waals surface area contributed by atoms with Crippen LogP contribution in [0.15, 0.2) is 11.8 Å². The van der Waals surface area contributed by atoms with E-state index < -0.39 is 0 Å². The highest BCUT2D eigenvalue weighted by molar-refractivity contribution is 5.20. The summed E-state index contributed by atoms with van der Waals surface area (Å²) in [4.78, 5) is 0. The molecule has 1 aliphatic carbocycles. The lowest BCUT2D eigenvalue weighted by Crippen LogP contribution is -2.14. The molecule has 2 heteroatoms. The Labute approximate surface area is 67.9 Å². The highest BCUT2D eigenvalue weighted by Crippen LogP contribution is 2.20. The third-order valence-electron chi connectivity index (χ3n) is 1.56. The molecule has 11 heavy (non-hydrogen) atoms. The maximum absolute atomic E-state index is 8.67. The number of nitriles is 1. The van der Waals surface area contributed by atoms with E-state index in [1.807, 2.05) is 6.08 Å². The predicted octanol–water partition coefficient (Wildman–Crippen LogP) is 1.80. The van der Waals surface area contributed by atoms with E-state index in [9.17, 15) is 0 Å². The van der Waals surface area contributed by atoms with Gasteiger partial charge < -0.3 is 5.32 Å². The summed E-state index contributed by atoms with van der Waals surface area (Å²) in [6.45, 7) is 4.15. The molecule has 60 valence electrons. The molecule has 2 nitrogen and oxygen atoms in total. The summed E-state index contributed by atoms with van der Waals surface area (Å²) in [5, 5.41) is 11.8. The van der Waals surface area contributed by atoms with Crippen LogP contribution in [0.4, 0.5) is 0 Å². The standard InChI is InChI=1S/C9H14N2/c1-7(2)5-9(6-10)11-8-3-4-8/h5,7-8,11H,3-4H2,1-2H3/b9-5-. The third-order valence-corrected chi connectivity index (χ3v) is 1.56. The second-order valence-corrected chi connectivity index (χ2v) is 3.35. The maximum Gasteiger partial charge on any atom is 0.117 e. The molecule has 0 aliphatic heterocycles. The van der Waals surface area contributed by atoms with Crippen molar-refractivity contribution in [3.8, 4) is 6.07 Å². The molecular weight excluding hydrogens is 136 g/mol. The topological polar surface area (TPSA) is 35.8 Å². The second-order valence-electron chi connectivity index (χ2n) is 3.35. The van der Waals surface area contributed by atoms with Crippen LogP contribution >= 0.6 is 0 Å². The Morgan fingerprint density at radius 2 is 2.27 bits per heavy atom. The smallest absolute Gasteiger partial charge is 0.117 e. The molecule has 1 saturated carbocycles. The van der Waals surface area contributed by atoms with Crippen LogP contribution in [0.5, 0.6) is 0 Å². The number of allylic oxidation sites excluding steroid dienone is 2. The van der Waals surface area contributed by atoms with Crippen LogP contribution in [0.2, 0.25) is 0 Å². The fourth-order valence-corrected chi connectivity index (χ4v) is 0.899. The first-order valence-corrected chi connectivity index (χ1v) is 4.11. The van der Waals surface area contributed by atoms with Crippen molar-refractivity contribution in [2.24, 2.45) is 5.92 Å². The van der Waals surface area contributed by atoms with Gasteiger partial charge in [-0.2, -0.15) is 5.26 Å². The molecule has 1 fully saturated rings. The van der Waals surface area contributed by atoms with Crippen molar-refractivity contribution in [1.82, 2.24) is 5.32 Å². The Kier molecular flexibility index (Phi) is 2.53. The number of nitrogens with one attached hydrogen (secondary N) is 1. The van der Waals surface area contributed by atoms with Crippen molar-refractivity contribution >= 4 is 0 Å². The van der Waals surface area contributed by atoms with Crippen molar-refractivity contribution < 1.29 is 0 Å². The van der Waals surface area contributed by atoms with Gasteiger partial charge >= 0.3 is 0 Å². The van der Waals surface area contributed by atoms with E-state index in [1.165, 1.54) is 12.8 Å². The molecule has 0 aromatic rings. The lowest BCUT2D eigenvalue weighted by molar-refractivity contribution is 0.774. The van der Waals surface area contributed by atoms with Crippen molar-refractivity contribution in [1.29, 1.82) is 5.26 Å². The largest absolute Gasteiger partial charge is 0.374 e. The zero-order valence-corrected chi connectivity index (χ0v) is 7.09. The number of hydrogen-bond acceptors (Lipinski definition) is 2. The van der Waals surface area contributed by atoms with E-state index in [0.717, 1.165) is 5.70 Å². The quantitative estimate of drug-likeness (QED) is 0.623. The van der Waals surface area contributed by atoms with Gasteiger partial charge in [0, 0.05) is 6.04 Å². The van der Waals surface area contributed by atoms with Crippen LogP contribution in [0.3, 0.4) is 0 Å². The van der Waals surface area contributed by atoms with Gasteiger partial charge in [0.15, 0.2) is 0 Å². The summed E-state index contributed by atoms with van der Waals surface area (Å²) in [7, 11) is 0. The molecule has 1 rings (SSSR count). The summed E-state index contributed by atoms with van der Waals surface area (Å²) >= 11 is 0. The summed E-state index contributed by atoms with van der Waals surface area (Å²) in [5.41, 5.74) is 0.738. The predicted molar refractivity (Wildman–Crippen MR) is 44.7 cm³/mol. The van der Waals surface area contributed by atoms with E-state index in [0.29, 0.717) is 12.0 Å². The average Bonchev–Trinajstić information content (AvgIpc) is 2.69. The van der Waals surface area contributed by atoms with E-state index in [-0.39, 0.29) is 0 Å². The monoisotopic (exact) mass is 150 g/mol. The van der Waals surface area contributed by atoms with Gasteiger partial charge in [0.1, 0.15) is 11.8 Å². The van der Waals surface area contributed by atoms with Crippen molar-refractivity contribution in [2.45, 2.75) is 32.7 Å². The molecule has 0 radical (unpaired) electrons. The first-order valence-electron chi connectivity index (χ1n) is 4.11. The van der Waals surface area contributed by atoms with E-state index >= 15 is 0 Å². The van der Waals surface area contributed by atoms with Gasteiger partial charge in [-0.3, -0.25) is 0 Å². The van der Waals surface area contributed by atoms with Crippen LogP contribution < -0.4 is 5.32 Å². The summed E-state index contributed by atoms with van der Waals surface area (Å²) in [5.74, 6) is 0.455. The molecule has 0 aromatic carbocycles. The molecule has 1 aliphatic rings. The molecule has 0 atom stereocenters. The first-order chi connectivity index (χ1) is 5.22. The van der Waals surface area contributed by atoms with E-state index in [1.54, 1.807) is 0 Å². The maximum atomic E-state index is 8.67. The zero-order valence-electron chi connectivity index (χ0n) is 7.09. The summed E-state index contributed by atoms with van der Waals surface area (Å²) in [6, 6.07) is 2.74. The van der Waals surface area contributed by atoms with Gasteiger partial charge in [-0.15, -0.1) is 0 Å². The van der Waals surface area contributed by atoms with Crippen molar-refractivity contribution in [3.63, 3.8) is 0 Å². The lowest BCUT2D eigenvalue weighted by atomic mass is 10.2. The Morgan fingerprint density at radius 1 is 1.64 bits per heavy atom. The minimum Gasteiger partial charge on any atom is -0.374 e. The molecule has 1 N–H and O–H groups in total. The number of hydrogen-bond donors (Lipinski definition) is 1. The second kappa shape index (κ2) is 3.43. The summed E-state index contributed by atoms with van der Waals surface area (Å²) in [6.07, 6.45) is 4.41. The fraction of sp³-hybridized carbons (Fsp3) is 0.667. The van der Waals surface area contributed by atoms with Crippen LogP contribution in [0, 0.1) is 17.2 Å². The lowest BCUT2D eigenvalue weighted by Gasteiger charge is -2.02. The normalized spacial score (nSPS) is 18.2. The highest BCUT2D eigenvalue weighted by Gasteiger charge is 2.21. The molecular formula is C9H14N2. The SMILES string of the molecule is CC(C)/C=C(/C#N)NC1CC1. The van der Waals surface area contributed by atoms with Crippen LogP contribution in [0.25, 0.3) is 0 Å². The first kappa shape index (κ1) is 8.13. The number of nitrogens with zero attached hydrogens (tertiary/aromatic N) is 1. The highest BCUT2D eigenvalue weighted by atomic mass is 15.0. The Morgan fingerprint density at radius 3 is 2.64 bits per heavy atom. The zero-order chi connectivity index (χ0) is 8.27. The molecule has 0 unspecified atom stereocenters. The van der Waals surface area contributed by atoms with Crippen LogP contribution in [-0.4, -0.2) is 6.04 Å². The summed E-state index contributed by atoms with van der Waals surface area (Å²) < 4.78 is 0. The number of rotatable bonds is 3. The van der Waals surface area contributed by atoms with Gasteiger partial charge in [0.2, 0.25) is 0 Å². The van der Waals surface area contributed by atoms with Gasteiger partial charge in [0.05, 0.1) is 0 Å². The van der Waals surface area contributed by atoms with Gasteiger partial charge in [0.25, 0.3) is 0 Å².